The first-order valence-corrected chi connectivity index (χ1v) is 11.1. The highest BCUT2D eigenvalue weighted by Crippen LogP contribution is 2.30. The second-order valence-electron chi connectivity index (χ2n) is 7.65. The number of benzene rings is 2. The summed E-state index contributed by atoms with van der Waals surface area (Å²) in [5, 5.41) is 4.30. The molecule has 29 heavy (non-hydrogen) atoms. The Morgan fingerprint density at radius 2 is 2.07 bits per heavy atom. The topological polar surface area (TPSA) is 55.7 Å². The molecule has 0 aliphatic carbocycles. The number of rotatable bonds is 7. The zero-order chi connectivity index (χ0) is 20.1. The molecule has 0 saturated carbocycles. The summed E-state index contributed by atoms with van der Waals surface area (Å²) in [6, 6.07) is 16.3. The Morgan fingerprint density at radius 3 is 2.93 bits per heavy atom. The molecule has 0 radical (unpaired) electrons. The van der Waals surface area contributed by atoms with Crippen molar-refractivity contribution in [3.05, 3.63) is 59.1 Å². The molecule has 1 aliphatic rings. The Hall–Kier alpha value is -2.44. The highest BCUT2D eigenvalue weighted by molar-refractivity contribution is 7.18. The average Bonchev–Trinajstić information content (AvgIpc) is 3.19. The molecule has 4 rings (SSSR count). The third-order valence-electron chi connectivity index (χ3n) is 5.60. The normalized spacial score (nSPS) is 19.2. The number of para-hydroxylation sites is 2. The molecule has 2 heterocycles. The molecule has 1 unspecified atom stereocenters. The Kier molecular flexibility index (Phi) is 6.42. The van der Waals surface area contributed by atoms with Crippen LogP contribution in [0, 0.1) is 0 Å². The molecule has 0 spiro atoms. The first-order valence-electron chi connectivity index (χ1n) is 10.3. The number of hydrogen-bond acceptors (Lipinski definition) is 4. The minimum absolute atomic E-state index is 0.125. The fourth-order valence-electron chi connectivity index (χ4n) is 4.12. The predicted molar refractivity (Wildman–Crippen MR) is 117 cm³/mol. The summed E-state index contributed by atoms with van der Waals surface area (Å²) in [7, 11) is 1.68. The summed E-state index contributed by atoms with van der Waals surface area (Å²) in [4.78, 5) is 18.7. The van der Waals surface area contributed by atoms with Crippen molar-refractivity contribution in [3.8, 4) is 5.75 Å². The number of likely N-dealkylation sites (tertiary alicyclic amines) is 1. The van der Waals surface area contributed by atoms with Crippen molar-refractivity contribution in [2.45, 2.75) is 25.2 Å². The Morgan fingerprint density at radius 1 is 1.24 bits per heavy atom. The largest absolute Gasteiger partial charge is 0.496 e. The van der Waals surface area contributed by atoms with Gasteiger partial charge >= 0.3 is 0 Å². The van der Waals surface area contributed by atoms with Crippen molar-refractivity contribution >= 4 is 27.5 Å². The molecule has 0 bridgehead atoms. The summed E-state index contributed by atoms with van der Waals surface area (Å²) in [5.41, 5.74) is 2.21. The highest BCUT2D eigenvalue weighted by atomic mass is 32.1. The molecule has 1 saturated heterocycles. The summed E-state index contributed by atoms with van der Waals surface area (Å²) >= 11 is 1.80. The van der Waals surface area contributed by atoms with Gasteiger partial charge in [-0.3, -0.25) is 4.79 Å². The number of quaternary nitrogens is 1. The van der Waals surface area contributed by atoms with Gasteiger partial charge in [0, 0.05) is 6.54 Å². The van der Waals surface area contributed by atoms with Gasteiger partial charge in [-0.2, -0.15) is 0 Å². The Balaban J connectivity index is 1.28. The molecule has 3 aromatic rings. The first kappa shape index (κ1) is 19.9. The van der Waals surface area contributed by atoms with Crippen LogP contribution in [0.15, 0.2) is 48.5 Å². The van der Waals surface area contributed by atoms with E-state index in [0.717, 1.165) is 42.8 Å². The van der Waals surface area contributed by atoms with Crippen molar-refractivity contribution < 1.29 is 14.4 Å². The summed E-state index contributed by atoms with van der Waals surface area (Å²) < 4.78 is 6.63. The van der Waals surface area contributed by atoms with Crippen molar-refractivity contribution in [1.29, 1.82) is 0 Å². The third-order valence-corrected chi connectivity index (χ3v) is 6.80. The van der Waals surface area contributed by atoms with Crippen molar-refractivity contribution in [2.24, 2.45) is 0 Å². The van der Waals surface area contributed by atoms with Gasteiger partial charge in [0.1, 0.15) is 10.8 Å². The van der Waals surface area contributed by atoms with Crippen LogP contribution in [0.3, 0.4) is 0 Å². The van der Waals surface area contributed by atoms with E-state index in [9.17, 15) is 4.79 Å². The van der Waals surface area contributed by atoms with E-state index in [1.54, 1.807) is 18.4 Å². The molecule has 2 N–H and O–H groups in total. The number of ether oxygens (including phenoxy) is 1. The lowest BCUT2D eigenvalue weighted by Crippen LogP contribution is -3.14. The van der Waals surface area contributed by atoms with E-state index in [1.165, 1.54) is 21.0 Å². The van der Waals surface area contributed by atoms with Crippen LogP contribution in [0.25, 0.3) is 10.2 Å². The second kappa shape index (κ2) is 9.37. The minimum atomic E-state index is 0.125. The number of methoxy groups -OCH3 is 1. The minimum Gasteiger partial charge on any atom is -0.496 e. The average molecular weight is 411 g/mol. The van der Waals surface area contributed by atoms with Crippen LogP contribution < -0.4 is 15.0 Å². The van der Waals surface area contributed by atoms with Crippen LogP contribution in [0.1, 0.15) is 29.3 Å². The third kappa shape index (κ3) is 4.95. The molecule has 2 aromatic carbocycles. The zero-order valence-corrected chi connectivity index (χ0v) is 17.6. The number of thiazole rings is 1. The van der Waals surface area contributed by atoms with E-state index < -0.39 is 0 Å². The van der Waals surface area contributed by atoms with Gasteiger partial charge in [0.05, 0.1) is 36.3 Å². The SMILES string of the molecule is COc1ccccc1CCNC(=O)C[NH+]1CCC[C@H](c2nc3ccccc3s2)C1. The van der Waals surface area contributed by atoms with E-state index in [2.05, 4.69) is 23.5 Å². The number of carbonyl (C=O) groups is 1. The van der Waals surface area contributed by atoms with Crippen LogP contribution in [-0.2, 0) is 11.2 Å². The number of fused-ring (bicyclic) bond motifs is 1. The number of nitrogens with one attached hydrogen (secondary N) is 2. The molecule has 1 fully saturated rings. The quantitative estimate of drug-likeness (QED) is 0.629. The number of nitrogens with zero attached hydrogens (tertiary/aromatic N) is 1. The maximum Gasteiger partial charge on any atom is 0.275 e. The summed E-state index contributed by atoms with van der Waals surface area (Å²) in [5.74, 6) is 1.46. The van der Waals surface area contributed by atoms with Crippen LogP contribution in [0.4, 0.5) is 0 Å². The highest BCUT2D eigenvalue weighted by Gasteiger charge is 2.28. The monoisotopic (exact) mass is 410 g/mol. The fourth-order valence-corrected chi connectivity index (χ4v) is 5.22. The first-order chi connectivity index (χ1) is 14.2. The summed E-state index contributed by atoms with van der Waals surface area (Å²) in [6.07, 6.45) is 3.09. The number of amides is 1. The molecule has 1 amide bonds. The van der Waals surface area contributed by atoms with Gasteiger partial charge in [0.25, 0.3) is 5.91 Å². The van der Waals surface area contributed by atoms with Gasteiger partial charge < -0.3 is 15.0 Å². The number of aromatic nitrogens is 1. The predicted octanol–water partition coefficient (Wildman–Crippen LogP) is 2.43. The van der Waals surface area contributed by atoms with Crippen LogP contribution in [0.2, 0.25) is 0 Å². The molecular formula is C23H28N3O2S+. The van der Waals surface area contributed by atoms with Crippen molar-refractivity contribution in [1.82, 2.24) is 10.3 Å². The maximum atomic E-state index is 12.5. The van der Waals surface area contributed by atoms with E-state index in [-0.39, 0.29) is 5.91 Å². The fraction of sp³-hybridized carbons (Fsp3) is 0.391. The van der Waals surface area contributed by atoms with Crippen molar-refractivity contribution in [3.63, 3.8) is 0 Å². The van der Waals surface area contributed by atoms with Gasteiger partial charge in [-0.05, 0) is 43.0 Å². The summed E-state index contributed by atoms with van der Waals surface area (Å²) in [6.45, 7) is 3.21. The molecule has 1 aliphatic heterocycles. The van der Waals surface area contributed by atoms with Crippen molar-refractivity contribution in [2.75, 3.05) is 33.3 Å². The number of carbonyl (C=O) groups excluding carboxylic acids is 1. The number of piperidine rings is 1. The number of hydrogen-bond donors (Lipinski definition) is 2. The molecule has 152 valence electrons. The Labute approximate surface area is 175 Å². The van der Waals surface area contributed by atoms with Gasteiger partial charge in [0.15, 0.2) is 6.54 Å². The Bertz CT molecular complexity index is 938. The maximum absolute atomic E-state index is 12.5. The second-order valence-corrected chi connectivity index (χ2v) is 8.71. The lowest BCUT2D eigenvalue weighted by atomic mass is 9.99. The molecule has 1 aromatic heterocycles. The zero-order valence-electron chi connectivity index (χ0n) is 16.8. The standard InChI is InChI=1S/C23H27N3O2S/c1-28-20-10-4-2-7-17(20)12-13-24-22(27)16-26-14-6-8-18(15-26)23-25-19-9-3-5-11-21(19)29-23/h2-5,7,9-11,18H,6,8,12-16H2,1H3,(H,24,27)/p+1/t18-/m0/s1. The lowest BCUT2D eigenvalue weighted by molar-refractivity contribution is -0.898. The molecular weight excluding hydrogens is 382 g/mol. The lowest BCUT2D eigenvalue weighted by Gasteiger charge is -2.28. The van der Waals surface area contributed by atoms with E-state index >= 15 is 0 Å². The molecule has 2 atom stereocenters. The van der Waals surface area contributed by atoms with Gasteiger partial charge in [0.2, 0.25) is 0 Å². The van der Waals surface area contributed by atoms with Crippen LogP contribution in [-0.4, -0.2) is 44.2 Å². The van der Waals surface area contributed by atoms with E-state index in [0.29, 0.717) is 19.0 Å². The van der Waals surface area contributed by atoms with Crippen LogP contribution in [0.5, 0.6) is 5.75 Å². The molecule has 5 nitrogen and oxygen atoms in total. The molecule has 6 heteroatoms. The van der Waals surface area contributed by atoms with E-state index in [4.69, 9.17) is 9.72 Å². The van der Waals surface area contributed by atoms with Gasteiger partial charge in [-0.1, -0.05) is 30.3 Å². The van der Waals surface area contributed by atoms with Crippen LogP contribution >= 0.6 is 11.3 Å². The van der Waals surface area contributed by atoms with Gasteiger partial charge in [-0.25, -0.2) is 4.98 Å². The smallest absolute Gasteiger partial charge is 0.275 e. The van der Waals surface area contributed by atoms with Gasteiger partial charge in [-0.15, -0.1) is 11.3 Å². The van der Waals surface area contributed by atoms with E-state index in [1.807, 2.05) is 30.3 Å².